The van der Waals surface area contributed by atoms with Gasteiger partial charge in [0.1, 0.15) is 0 Å². The molecule has 0 bridgehead atoms. The summed E-state index contributed by atoms with van der Waals surface area (Å²) in [5.41, 5.74) is 2.97. The third-order valence-corrected chi connectivity index (χ3v) is 4.90. The Kier molecular flexibility index (Phi) is 4.64. The second kappa shape index (κ2) is 6.65. The number of likely N-dealkylation sites (tertiary alicyclic amines) is 1. The van der Waals surface area contributed by atoms with Crippen molar-refractivity contribution in [2.24, 2.45) is 0 Å². The molecule has 0 N–H and O–H groups in total. The zero-order valence-corrected chi connectivity index (χ0v) is 13.2. The number of carbonyl (C=O) groups excluding carboxylic acids is 1. The Morgan fingerprint density at radius 1 is 0.952 bits per heavy atom. The molecule has 1 aliphatic carbocycles. The van der Waals surface area contributed by atoms with Crippen molar-refractivity contribution < 1.29 is 4.79 Å². The van der Waals surface area contributed by atoms with Crippen LogP contribution >= 0.6 is 11.6 Å². The fraction of sp³-hybridized carbons (Fsp3) is 0.500. The Morgan fingerprint density at radius 2 is 1.67 bits per heavy atom. The third kappa shape index (κ3) is 3.16. The van der Waals surface area contributed by atoms with Crippen LogP contribution in [0, 0.1) is 0 Å². The van der Waals surface area contributed by atoms with Gasteiger partial charge in [-0.15, -0.1) is 0 Å². The van der Waals surface area contributed by atoms with Crippen LogP contribution in [0.15, 0.2) is 35.5 Å². The highest BCUT2D eigenvalue weighted by atomic mass is 35.5. The molecule has 0 unspecified atom stereocenters. The Balaban J connectivity index is 1.94. The smallest absolute Gasteiger partial charge is 0.192 e. The number of rotatable bonds is 3. The summed E-state index contributed by atoms with van der Waals surface area (Å²) in [6.07, 6.45) is 8.07. The minimum Gasteiger partial charge on any atom is -0.374 e. The largest absolute Gasteiger partial charge is 0.374 e. The van der Waals surface area contributed by atoms with E-state index in [1.807, 2.05) is 18.2 Å². The average Bonchev–Trinajstić information content (AvgIpc) is 2.55. The molecule has 0 saturated carbocycles. The molecule has 1 saturated heterocycles. The van der Waals surface area contributed by atoms with Gasteiger partial charge in [-0.1, -0.05) is 23.7 Å². The number of hydrogen-bond acceptors (Lipinski definition) is 2. The minimum atomic E-state index is 0.140. The molecule has 3 heteroatoms. The van der Waals surface area contributed by atoms with Gasteiger partial charge >= 0.3 is 0 Å². The lowest BCUT2D eigenvalue weighted by Gasteiger charge is -2.35. The highest BCUT2D eigenvalue weighted by Crippen LogP contribution is 2.32. The molecule has 1 aromatic carbocycles. The van der Waals surface area contributed by atoms with Crippen molar-refractivity contribution >= 4 is 17.4 Å². The molecule has 2 aliphatic rings. The molecule has 0 radical (unpaired) electrons. The number of ketones is 1. The molecule has 2 nitrogen and oxygen atoms in total. The Hall–Kier alpha value is -1.28. The van der Waals surface area contributed by atoms with Gasteiger partial charge in [0.2, 0.25) is 0 Å². The van der Waals surface area contributed by atoms with Gasteiger partial charge in [-0.25, -0.2) is 0 Å². The quantitative estimate of drug-likeness (QED) is 0.745. The lowest BCUT2D eigenvalue weighted by Crippen LogP contribution is -2.32. The van der Waals surface area contributed by atoms with Crippen LogP contribution in [0.2, 0.25) is 5.02 Å². The van der Waals surface area contributed by atoms with E-state index in [0.29, 0.717) is 10.6 Å². The van der Waals surface area contributed by atoms with E-state index in [4.69, 9.17) is 11.6 Å². The summed E-state index contributed by atoms with van der Waals surface area (Å²) < 4.78 is 0. The first-order chi connectivity index (χ1) is 10.3. The van der Waals surface area contributed by atoms with Gasteiger partial charge in [-0.05, 0) is 57.1 Å². The van der Waals surface area contributed by atoms with E-state index in [-0.39, 0.29) is 5.78 Å². The van der Waals surface area contributed by atoms with Crippen molar-refractivity contribution in [2.45, 2.75) is 44.9 Å². The molecular weight excluding hydrogens is 282 g/mol. The number of benzene rings is 1. The van der Waals surface area contributed by atoms with Gasteiger partial charge in [0.05, 0.1) is 5.02 Å². The third-order valence-electron chi connectivity index (χ3n) is 4.57. The number of allylic oxidation sites excluding steroid dienone is 2. The highest BCUT2D eigenvalue weighted by Gasteiger charge is 2.25. The number of piperidine rings is 1. The molecular formula is C18H22ClNO. The van der Waals surface area contributed by atoms with E-state index in [0.717, 1.165) is 37.9 Å². The summed E-state index contributed by atoms with van der Waals surface area (Å²) in [6, 6.07) is 7.42. The van der Waals surface area contributed by atoms with Crippen LogP contribution in [0.5, 0.6) is 0 Å². The van der Waals surface area contributed by atoms with Crippen LogP contribution in [0.3, 0.4) is 0 Å². The van der Waals surface area contributed by atoms with E-state index in [1.54, 1.807) is 6.07 Å². The van der Waals surface area contributed by atoms with E-state index < -0.39 is 0 Å². The molecule has 1 aliphatic heterocycles. The molecule has 1 fully saturated rings. The first-order valence-corrected chi connectivity index (χ1v) is 8.41. The van der Waals surface area contributed by atoms with Crippen LogP contribution in [0.25, 0.3) is 0 Å². The van der Waals surface area contributed by atoms with E-state index in [9.17, 15) is 4.79 Å². The Bertz CT molecular complexity index is 558. The second-order valence-electron chi connectivity index (χ2n) is 5.99. The summed E-state index contributed by atoms with van der Waals surface area (Å²) in [6.45, 7) is 2.21. The Morgan fingerprint density at radius 3 is 2.43 bits per heavy atom. The normalized spacial score (nSPS) is 19.8. The lowest BCUT2D eigenvalue weighted by atomic mass is 9.89. The van der Waals surface area contributed by atoms with Crippen molar-refractivity contribution in [3.63, 3.8) is 0 Å². The van der Waals surface area contributed by atoms with Crippen molar-refractivity contribution in [2.75, 3.05) is 13.1 Å². The second-order valence-corrected chi connectivity index (χ2v) is 6.40. The monoisotopic (exact) mass is 303 g/mol. The summed E-state index contributed by atoms with van der Waals surface area (Å²) in [5, 5.41) is 0.568. The van der Waals surface area contributed by atoms with Gasteiger partial charge < -0.3 is 4.90 Å². The maximum absolute atomic E-state index is 12.9. The number of hydrogen-bond donors (Lipinski definition) is 0. The molecule has 112 valence electrons. The molecule has 3 rings (SSSR count). The van der Waals surface area contributed by atoms with Crippen LogP contribution in [0.1, 0.15) is 55.3 Å². The van der Waals surface area contributed by atoms with E-state index >= 15 is 0 Å². The van der Waals surface area contributed by atoms with Gasteiger partial charge in [0, 0.05) is 29.9 Å². The first-order valence-electron chi connectivity index (χ1n) is 8.03. The minimum absolute atomic E-state index is 0.140. The summed E-state index contributed by atoms with van der Waals surface area (Å²) in [5.74, 6) is 0.140. The summed E-state index contributed by atoms with van der Waals surface area (Å²) in [7, 11) is 0. The van der Waals surface area contributed by atoms with Crippen molar-refractivity contribution in [3.05, 3.63) is 46.1 Å². The molecule has 21 heavy (non-hydrogen) atoms. The number of nitrogens with zero attached hydrogens (tertiary/aromatic N) is 1. The van der Waals surface area contributed by atoms with Crippen LogP contribution < -0.4 is 0 Å². The maximum Gasteiger partial charge on any atom is 0.192 e. The van der Waals surface area contributed by atoms with Gasteiger partial charge in [-0.3, -0.25) is 4.79 Å². The highest BCUT2D eigenvalue weighted by molar-refractivity contribution is 6.35. The van der Waals surface area contributed by atoms with Crippen LogP contribution in [0.4, 0.5) is 0 Å². The molecule has 0 aromatic heterocycles. The zero-order chi connectivity index (χ0) is 14.7. The van der Waals surface area contributed by atoms with Gasteiger partial charge in [0.25, 0.3) is 0 Å². The van der Waals surface area contributed by atoms with E-state index in [2.05, 4.69) is 4.90 Å². The van der Waals surface area contributed by atoms with Crippen LogP contribution in [-0.4, -0.2) is 23.8 Å². The predicted octanol–water partition coefficient (Wildman–Crippen LogP) is 4.84. The topological polar surface area (TPSA) is 20.3 Å². The molecule has 0 spiro atoms. The predicted molar refractivity (Wildman–Crippen MR) is 86.7 cm³/mol. The van der Waals surface area contributed by atoms with E-state index in [1.165, 1.54) is 31.4 Å². The maximum atomic E-state index is 12.9. The first kappa shape index (κ1) is 14.6. The lowest BCUT2D eigenvalue weighted by molar-refractivity contribution is 0.102. The van der Waals surface area contributed by atoms with Crippen molar-refractivity contribution in [3.8, 4) is 0 Å². The van der Waals surface area contributed by atoms with Gasteiger partial charge in [0.15, 0.2) is 5.78 Å². The van der Waals surface area contributed by atoms with Crippen LogP contribution in [-0.2, 0) is 0 Å². The zero-order valence-electron chi connectivity index (χ0n) is 12.4. The molecule has 1 aromatic rings. The van der Waals surface area contributed by atoms with Crippen molar-refractivity contribution in [1.82, 2.24) is 4.90 Å². The van der Waals surface area contributed by atoms with Gasteiger partial charge in [-0.2, -0.15) is 0 Å². The van der Waals surface area contributed by atoms with Crippen molar-refractivity contribution in [1.29, 1.82) is 0 Å². The molecule has 0 amide bonds. The SMILES string of the molecule is O=C(C1=C(N2CCCCC2)CCCC1)c1ccccc1Cl. The number of carbonyl (C=O) groups is 1. The fourth-order valence-electron chi connectivity index (χ4n) is 3.45. The standard InChI is InChI=1S/C18H22ClNO/c19-16-10-4-2-8-14(16)18(21)15-9-3-5-11-17(15)20-12-6-1-7-13-20/h2,4,8,10H,1,3,5-7,9,11-13H2. The summed E-state index contributed by atoms with van der Waals surface area (Å²) in [4.78, 5) is 15.4. The summed E-state index contributed by atoms with van der Waals surface area (Å²) >= 11 is 6.21. The molecule has 0 atom stereocenters. The number of halogens is 1. The number of Topliss-reactive ketones (excluding diaryl/α,β-unsaturated/α-hetero) is 1. The Labute approximate surface area is 131 Å². The average molecular weight is 304 g/mol. The fourth-order valence-corrected chi connectivity index (χ4v) is 3.68. The molecule has 1 heterocycles.